The first kappa shape index (κ1) is 22.7. The Balaban J connectivity index is 1.34. The molecule has 1 atom stereocenters. The summed E-state index contributed by atoms with van der Waals surface area (Å²) in [6, 6.07) is 30.8. The van der Waals surface area contributed by atoms with Gasteiger partial charge in [0.2, 0.25) is 0 Å². The summed E-state index contributed by atoms with van der Waals surface area (Å²) in [4.78, 5) is 0. The van der Waals surface area contributed by atoms with Gasteiger partial charge in [-0.2, -0.15) is 0 Å². The fourth-order valence-corrected chi connectivity index (χ4v) is 4.00. The van der Waals surface area contributed by atoms with Crippen LogP contribution in [0.1, 0.15) is 46.2 Å². The highest BCUT2D eigenvalue weighted by atomic mass is 19.1. The molecule has 4 aromatic carbocycles. The van der Waals surface area contributed by atoms with Crippen LogP contribution in [-0.4, -0.2) is 0 Å². The number of rotatable bonds is 8. The second-order valence-corrected chi connectivity index (χ2v) is 8.57. The summed E-state index contributed by atoms with van der Waals surface area (Å²) < 4.78 is 27.6. The zero-order valence-electron chi connectivity index (χ0n) is 18.8. The van der Waals surface area contributed by atoms with Crippen LogP contribution in [0, 0.1) is 11.6 Å². The first-order chi connectivity index (χ1) is 16.1. The molecule has 0 bridgehead atoms. The van der Waals surface area contributed by atoms with Crippen LogP contribution in [0.15, 0.2) is 97.1 Å². The van der Waals surface area contributed by atoms with E-state index in [0.29, 0.717) is 11.5 Å². The Morgan fingerprint density at radius 2 is 1.30 bits per heavy atom. The Hall–Kier alpha value is -3.52. The number of aryl methyl sites for hydroxylation is 2. The Kier molecular flexibility index (Phi) is 7.47. The maximum Gasteiger partial charge on any atom is 0.130 e. The van der Waals surface area contributed by atoms with E-state index in [1.165, 1.54) is 23.3 Å². The molecule has 0 saturated carbocycles. The lowest BCUT2D eigenvalue weighted by Crippen LogP contribution is -1.98. The summed E-state index contributed by atoms with van der Waals surface area (Å²) in [7, 11) is 0. The van der Waals surface area contributed by atoms with Crippen molar-refractivity contribution in [3.63, 3.8) is 0 Å². The topological polar surface area (TPSA) is 0 Å². The highest BCUT2D eigenvalue weighted by Gasteiger charge is 2.06. The molecule has 0 aromatic heterocycles. The molecule has 0 aliphatic heterocycles. The Bertz CT molecular complexity index is 1190. The second kappa shape index (κ2) is 10.9. The van der Waals surface area contributed by atoms with Crippen LogP contribution in [0.5, 0.6) is 0 Å². The summed E-state index contributed by atoms with van der Waals surface area (Å²) in [6.45, 7) is 2.25. The number of benzene rings is 4. The van der Waals surface area contributed by atoms with Crippen molar-refractivity contribution in [3.8, 4) is 0 Å². The van der Waals surface area contributed by atoms with Gasteiger partial charge in [0.15, 0.2) is 0 Å². The highest BCUT2D eigenvalue weighted by Crippen LogP contribution is 2.21. The van der Waals surface area contributed by atoms with Crippen LogP contribution < -0.4 is 0 Å². The molecule has 0 aliphatic rings. The predicted octanol–water partition coefficient (Wildman–Crippen LogP) is 8.27. The summed E-state index contributed by atoms with van der Waals surface area (Å²) in [5.74, 6) is -0.00302. The zero-order chi connectivity index (χ0) is 23.0. The van der Waals surface area contributed by atoms with E-state index in [4.69, 9.17) is 0 Å². The van der Waals surface area contributed by atoms with E-state index in [9.17, 15) is 8.78 Å². The van der Waals surface area contributed by atoms with Crippen molar-refractivity contribution in [2.45, 2.75) is 32.1 Å². The highest BCUT2D eigenvalue weighted by molar-refractivity contribution is 5.70. The normalized spacial score (nSPS) is 12.2. The molecule has 0 N–H and O–H groups in total. The van der Waals surface area contributed by atoms with Gasteiger partial charge < -0.3 is 0 Å². The summed E-state index contributed by atoms with van der Waals surface area (Å²) in [6.07, 6.45) is 6.23. The number of hydrogen-bond acceptors (Lipinski definition) is 0. The first-order valence-corrected chi connectivity index (χ1v) is 11.4. The third kappa shape index (κ3) is 6.49. The molecule has 0 spiro atoms. The van der Waals surface area contributed by atoms with Crippen molar-refractivity contribution < 1.29 is 8.78 Å². The van der Waals surface area contributed by atoms with Gasteiger partial charge >= 0.3 is 0 Å². The molecule has 0 radical (unpaired) electrons. The average molecular weight is 439 g/mol. The largest absolute Gasteiger partial charge is 0.207 e. The fraction of sp³-hybridized carbons (Fsp3) is 0.161. The molecular weight excluding hydrogens is 410 g/mol. The van der Waals surface area contributed by atoms with E-state index in [2.05, 4.69) is 55.5 Å². The Morgan fingerprint density at radius 1 is 0.667 bits per heavy atom. The summed E-state index contributed by atoms with van der Waals surface area (Å²) >= 11 is 0. The smallest absolute Gasteiger partial charge is 0.130 e. The fourth-order valence-electron chi connectivity index (χ4n) is 4.00. The molecule has 0 heterocycles. The molecular formula is C31H28F2. The maximum absolute atomic E-state index is 14.6. The van der Waals surface area contributed by atoms with Crippen LogP contribution in [-0.2, 0) is 19.3 Å². The lowest BCUT2D eigenvalue weighted by atomic mass is 9.93. The monoisotopic (exact) mass is 438 g/mol. The van der Waals surface area contributed by atoms with Crippen molar-refractivity contribution in [2.75, 3.05) is 0 Å². The Morgan fingerprint density at radius 3 is 2.00 bits per heavy atom. The molecule has 0 unspecified atom stereocenters. The van der Waals surface area contributed by atoms with Crippen LogP contribution >= 0.6 is 0 Å². The third-order valence-electron chi connectivity index (χ3n) is 6.03. The number of halogens is 2. The van der Waals surface area contributed by atoms with Gasteiger partial charge in [-0.15, -0.1) is 0 Å². The van der Waals surface area contributed by atoms with Gasteiger partial charge in [-0.05, 0) is 71.2 Å². The standard InChI is InChI=1S/C31H28F2/c1-23(28-5-3-2-4-6-28)21-26-10-7-24(8-11-26)13-17-29-18-14-27(22-31(29)33)12-9-25-15-19-30(32)20-16-25/h2-8,10-11,13-20,22-23H,9,12,21H2,1H3/t23-/m1/s1. The lowest BCUT2D eigenvalue weighted by Gasteiger charge is -2.12. The SMILES string of the molecule is C[C@H](Cc1ccc(C=Cc2ccc(CCc3ccc(F)cc3)cc2F)cc1)c1ccccc1. The quantitative estimate of drug-likeness (QED) is 0.243. The van der Waals surface area contributed by atoms with Crippen molar-refractivity contribution in [3.05, 3.63) is 142 Å². The molecule has 0 amide bonds. The number of hydrogen-bond donors (Lipinski definition) is 0. The van der Waals surface area contributed by atoms with E-state index in [0.717, 1.165) is 36.0 Å². The molecule has 4 rings (SSSR count). The third-order valence-corrected chi connectivity index (χ3v) is 6.03. The molecule has 0 saturated heterocycles. The molecule has 33 heavy (non-hydrogen) atoms. The van der Waals surface area contributed by atoms with Crippen LogP contribution in [0.25, 0.3) is 12.2 Å². The molecule has 4 aromatic rings. The van der Waals surface area contributed by atoms with Gasteiger partial charge in [-0.25, -0.2) is 8.78 Å². The van der Waals surface area contributed by atoms with Gasteiger partial charge in [-0.3, -0.25) is 0 Å². The van der Waals surface area contributed by atoms with E-state index < -0.39 is 0 Å². The second-order valence-electron chi connectivity index (χ2n) is 8.57. The van der Waals surface area contributed by atoms with Gasteiger partial charge in [0.1, 0.15) is 11.6 Å². The van der Waals surface area contributed by atoms with Crippen molar-refractivity contribution in [1.29, 1.82) is 0 Å². The van der Waals surface area contributed by atoms with Crippen molar-refractivity contribution >= 4 is 12.2 Å². The summed E-state index contributed by atoms with van der Waals surface area (Å²) in [5, 5.41) is 0. The molecule has 166 valence electrons. The van der Waals surface area contributed by atoms with Gasteiger partial charge in [0.25, 0.3) is 0 Å². The van der Waals surface area contributed by atoms with E-state index in [1.54, 1.807) is 18.2 Å². The van der Waals surface area contributed by atoms with E-state index in [1.807, 2.05) is 30.4 Å². The van der Waals surface area contributed by atoms with Crippen LogP contribution in [0.4, 0.5) is 8.78 Å². The molecule has 0 aliphatic carbocycles. The lowest BCUT2D eigenvalue weighted by molar-refractivity contribution is 0.622. The van der Waals surface area contributed by atoms with Crippen LogP contribution in [0.2, 0.25) is 0 Å². The van der Waals surface area contributed by atoms with Crippen molar-refractivity contribution in [1.82, 2.24) is 0 Å². The summed E-state index contributed by atoms with van der Waals surface area (Å²) in [5.41, 5.74) is 6.24. The average Bonchev–Trinajstić information content (AvgIpc) is 2.84. The first-order valence-electron chi connectivity index (χ1n) is 11.4. The molecule has 0 nitrogen and oxygen atoms in total. The minimum Gasteiger partial charge on any atom is -0.207 e. The molecule has 2 heteroatoms. The minimum atomic E-state index is -0.239. The Labute approximate surface area is 195 Å². The minimum absolute atomic E-state index is 0.226. The van der Waals surface area contributed by atoms with Gasteiger partial charge in [0, 0.05) is 5.56 Å². The zero-order valence-corrected chi connectivity index (χ0v) is 18.8. The maximum atomic E-state index is 14.6. The van der Waals surface area contributed by atoms with Crippen LogP contribution in [0.3, 0.4) is 0 Å². The predicted molar refractivity (Wildman–Crippen MR) is 134 cm³/mol. The van der Waals surface area contributed by atoms with Gasteiger partial charge in [0.05, 0.1) is 0 Å². The van der Waals surface area contributed by atoms with Gasteiger partial charge in [-0.1, -0.05) is 97.9 Å². The van der Waals surface area contributed by atoms with E-state index >= 15 is 0 Å². The van der Waals surface area contributed by atoms with E-state index in [-0.39, 0.29) is 11.6 Å². The molecule has 0 fully saturated rings. The van der Waals surface area contributed by atoms with Crippen molar-refractivity contribution in [2.24, 2.45) is 0 Å².